The molecule has 1 fully saturated rings. The average Bonchev–Trinajstić information content (AvgIpc) is 2.93. The molecular formula is C15H24N2O. The van der Waals surface area contributed by atoms with Gasteiger partial charge in [-0.05, 0) is 18.5 Å². The maximum Gasteiger partial charge on any atom is 0.0510 e. The van der Waals surface area contributed by atoms with Crippen molar-refractivity contribution in [3.63, 3.8) is 0 Å². The Labute approximate surface area is 110 Å². The molecule has 0 spiro atoms. The highest BCUT2D eigenvalue weighted by molar-refractivity contribution is 5.14. The highest BCUT2D eigenvalue weighted by Gasteiger charge is 2.28. The van der Waals surface area contributed by atoms with E-state index in [2.05, 4.69) is 42.2 Å². The number of hydrogen-bond donors (Lipinski definition) is 1. The van der Waals surface area contributed by atoms with Crippen LogP contribution in [-0.2, 0) is 11.3 Å². The summed E-state index contributed by atoms with van der Waals surface area (Å²) >= 11 is 0. The molecule has 1 saturated heterocycles. The molecule has 0 amide bonds. The predicted molar refractivity (Wildman–Crippen MR) is 74.3 cm³/mol. The summed E-state index contributed by atoms with van der Waals surface area (Å²) in [5.41, 5.74) is 7.34. The van der Waals surface area contributed by atoms with Crippen molar-refractivity contribution in [2.75, 3.05) is 26.3 Å². The number of ether oxygens (including phenoxy) is 1. The molecule has 1 aliphatic rings. The van der Waals surface area contributed by atoms with Gasteiger partial charge in [-0.2, -0.15) is 0 Å². The van der Waals surface area contributed by atoms with Crippen LogP contribution in [0.1, 0.15) is 18.9 Å². The predicted octanol–water partition coefficient (Wildman–Crippen LogP) is 1.87. The van der Waals surface area contributed by atoms with Crippen molar-refractivity contribution in [2.24, 2.45) is 11.7 Å². The number of nitrogens with zero attached hydrogens (tertiary/aromatic N) is 1. The zero-order valence-electron chi connectivity index (χ0n) is 11.2. The first-order valence-electron chi connectivity index (χ1n) is 6.91. The Hall–Kier alpha value is -0.900. The summed E-state index contributed by atoms with van der Waals surface area (Å²) in [5.74, 6) is 0.596. The lowest BCUT2D eigenvalue weighted by atomic mass is 9.97. The second-order valence-corrected chi connectivity index (χ2v) is 4.98. The van der Waals surface area contributed by atoms with E-state index in [-0.39, 0.29) is 0 Å². The Balaban J connectivity index is 2.01. The quantitative estimate of drug-likeness (QED) is 0.835. The van der Waals surface area contributed by atoms with E-state index in [1.165, 1.54) is 5.56 Å². The van der Waals surface area contributed by atoms with Crippen molar-refractivity contribution >= 4 is 0 Å². The topological polar surface area (TPSA) is 38.5 Å². The second-order valence-electron chi connectivity index (χ2n) is 4.98. The number of nitrogens with two attached hydrogens (primary N) is 1. The smallest absolute Gasteiger partial charge is 0.0510 e. The minimum atomic E-state index is 0.442. The summed E-state index contributed by atoms with van der Waals surface area (Å²) in [6, 6.07) is 11.1. The fourth-order valence-corrected chi connectivity index (χ4v) is 2.78. The molecule has 1 aliphatic heterocycles. The number of benzene rings is 1. The second kappa shape index (κ2) is 6.88. The average molecular weight is 248 g/mol. The van der Waals surface area contributed by atoms with Gasteiger partial charge in [-0.1, -0.05) is 37.3 Å². The van der Waals surface area contributed by atoms with Crippen LogP contribution in [0.5, 0.6) is 0 Å². The van der Waals surface area contributed by atoms with Gasteiger partial charge in [-0.25, -0.2) is 0 Å². The third-order valence-corrected chi connectivity index (χ3v) is 3.85. The minimum absolute atomic E-state index is 0.442. The highest BCUT2D eigenvalue weighted by Crippen LogP contribution is 2.22. The van der Waals surface area contributed by atoms with Gasteiger partial charge in [-0.15, -0.1) is 0 Å². The molecule has 18 heavy (non-hydrogen) atoms. The Bertz CT molecular complexity index is 336. The van der Waals surface area contributed by atoms with Crippen LogP contribution in [0.15, 0.2) is 30.3 Å². The van der Waals surface area contributed by atoms with Gasteiger partial charge < -0.3 is 10.5 Å². The van der Waals surface area contributed by atoms with Gasteiger partial charge in [0.15, 0.2) is 0 Å². The summed E-state index contributed by atoms with van der Waals surface area (Å²) in [4.78, 5) is 2.48. The molecule has 0 aromatic heterocycles. The molecule has 2 rings (SSSR count). The van der Waals surface area contributed by atoms with E-state index in [0.29, 0.717) is 18.5 Å². The van der Waals surface area contributed by atoms with E-state index in [0.717, 1.165) is 32.7 Å². The van der Waals surface area contributed by atoms with E-state index in [9.17, 15) is 0 Å². The largest absolute Gasteiger partial charge is 0.381 e. The lowest BCUT2D eigenvalue weighted by Crippen LogP contribution is -2.45. The van der Waals surface area contributed by atoms with Crippen LogP contribution >= 0.6 is 0 Å². The third kappa shape index (κ3) is 3.31. The standard InChI is InChI=1S/C15H24N2O/c1-2-17(11-13-6-4-3-5-7-13)15(10-16)14-8-9-18-12-14/h3-7,14-15H,2,8-12,16H2,1H3. The van der Waals surface area contributed by atoms with Crippen LogP contribution in [0.3, 0.4) is 0 Å². The van der Waals surface area contributed by atoms with Gasteiger partial charge in [0.25, 0.3) is 0 Å². The van der Waals surface area contributed by atoms with E-state index < -0.39 is 0 Å². The molecule has 2 atom stereocenters. The summed E-state index contributed by atoms with van der Waals surface area (Å²) in [5, 5.41) is 0. The van der Waals surface area contributed by atoms with Gasteiger partial charge in [0, 0.05) is 31.7 Å². The van der Waals surface area contributed by atoms with Gasteiger partial charge >= 0.3 is 0 Å². The van der Waals surface area contributed by atoms with Crippen molar-refractivity contribution in [1.82, 2.24) is 4.90 Å². The van der Waals surface area contributed by atoms with Crippen molar-refractivity contribution in [2.45, 2.75) is 25.9 Å². The Morgan fingerprint density at radius 3 is 2.72 bits per heavy atom. The molecule has 2 N–H and O–H groups in total. The normalized spacial score (nSPS) is 21.4. The molecule has 100 valence electrons. The van der Waals surface area contributed by atoms with Crippen molar-refractivity contribution in [3.05, 3.63) is 35.9 Å². The Morgan fingerprint density at radius 2 is 2.17 bits per heavy atom. The van der Waals surface area contributed by atoms with E-state index in [1.54, 1.807) is 0 Å². The van der Waals surface area contributed by atoms with Crippen molar-refractivity contribution in [3.8, 4) is 0 Å². The van der Waals surface area contributed by atoms with Crippen LogP contribution < -0.4 is 5.73 Å². The lowest BCUT2D eigenvalue weighted by molar-refractivity contribution is 0.121. The number of likely N-dealkylation sites (N-methyl/N-ethyl adjacent to an activating group) is 1. The third-order valence-electron chi connectivity index (χ3n) is 3.85. The summed E-state index contributed by atoms with van der Waals surface area (Å²) in [6.07, 6.45) is 1.15. The first-order chi connectivity index (χ1) is 8.85. The molecular weight excluding hydrogens is 224 g/mol. The molecule has 3 heteroatoms. The van der Waals surface area contributed by atoms with Crippen LogP contribution in [0, 0.1) is 5.92 Å². The van der Waals surface area contributed by atoms with Crippen LogP contribution in [0.2, 0.25) is 0 Å². The fraction of sp³-hybridized carbons (Fsp3) is 0.600. The molecule has 1 heterocycles. The molecule has 0 aliphatic carbocycles. The highest BCUT2D eigenvalue weighted by atomic mass is 16.5. The zero-order chi connectivity index (χ0) is 12.8. The molecule has 3 nitrogen and oxygen atoms in total. The molecule has 0 bridgehead atoms. The summed E-state index contributed by atoms with van der Waals surface area (Å²) in [6.45, 7) is 6.70. The van der Waals surface area contributed by atoms with E-state index in [4.69, 9.17) is 10.5 Å². The van der Waals surface area contributed by atoms with Gasteiger partial charge in [-0.3, -0.25) is 4.90 Å². The van der Waals surface area contributed by atoms with Crippen molar-refractivity contribution < 1.29 is 4.74 Å². The molecule has 1 aromatic rings. The molecule has 2 unspecified atom stereocenters. The van der Waals surface area contributed by atoms with Crippen LogP contribution in [-0.4, -0.2) is 37.2 Å². The molecule has 1 aromatic carbocycles. The minimum Gasteiger partial charge on any atom is -0.381 e. The lowest BCUT2D eigenvalue weighted by Gasteiger charge is -2.33. The van der Waals surface area contributed by atoms with Crippen LogP contribution in [0.25, 0.3) is 0 Å². The van der Waals surface area contributed by atoms with E-state index in [1.807, 2.05) is 0 Å². The Kier molecular flexibility index (Phi) is 5.17. The van der Waals surface area contributed by atoms with Gasteiger partial charge in [0.05, 0.1) is 6.61 Å². The zero-order valence-corrected chi connectivity index (χ0v) is 11.2. The number of rotatable bonds is 6. The SMILES string of the molecule is CCN(Cc1ccccc1)C(CN)C1CCOC1. The first kappa shape index (κ1) is 13.5. The van der Waals surface area contributed by atoms with Gasteiger partial charge in [0.2, 0.25) is 0 Å². The van der Waals surface area contributed by atoms with Crippen LogP contribution in [0.4, 0.5) is 0 Å². The Morgan fingerprint density at radius 1 is 1.39 bits per heavy atom. The molecule has 0 saturated carbocycles. The summed E-state index contributed by atoms with van der Waals surface area (Å²) in [7, 11) is 0. The van der Waals surface area contributed by atoms with Crippen molar-refractivity contribution in [1.29, 1.82) is 0 Å². The maximum absolute atomic E-state index is 5.99. The first-order valence-corrected chi connectivity index (χ1v) is 6.91. The number of hydrogen-bond acceptors (Lipinski definition) is 3. The van der Waals surface area contributed by atoms with Gasteiger partial charge in [0.1, 0.15) is 0 Å². The summed E-state index contributed by atoms with van der Waals surface area (Å²) < 4.78 is 5.50. The van der Waals surface area contributed by atoms with E-state index >= 15 is 0 Å². The fourth-order valence-electron chi connectivity index (χ4n) is 2.78. The maximum atomic E-state index is 5.99. The molecule has 0 radical (unpaired) electrons. The monoisotopic (exact) mass is 248 g/mol.